The van der Waals surface area contributed by atoms with Gasteiger partial charge in [-0.15, -0.1) is 0 Å². The number of aliphatic hydroxyl groups is 3. The van der Waals surface area contributed by atoms with Crippen LogP contribution in [0.5, 0.6) is 0 Å². The molecule has 50 heavy (non-hydrogen) atoms. The third-order valence-electron chi connectivity index (χ3n) is 8.24. The van der Waals surface area contributed by atoms with Crippen molar-refractivity contribution < 1.29 is 66.1 Å². The van der Waals surface area contributed by atoms with Crippen LogP contribution in [0.1, 0.15) is 16.7 Å². The molecule has 2 aliphatic rings. The summed E-state index contributed by atoms with van der Waals surface area (Å²) in [6.45, 7) is -1.18. The number of benzene rings is 3. The second-order valence-corrected chi connectivity index (χ2v) is 11.9. The fourth-order valence-electron chi connectivity index (χ4n) is 5.58. The third kappa shape index (κ3) is 10.1. The summed E-state index contributed by atoms with van der Waals surface area (Å²) < 4.78 is 89.1. The van der Waals surface area contributed by atoms with Gasteiger partial charge in [-0.3, -0.25) is 4.79 Å². The lowest BCUT2D eigenvalue weighted by atomic mass is 9.97. The van der Waals surface area contributed by atoms with E-state index in [9.17, 15) is 33.3 Å². The van der Waals surface area contributed by atoms with Gasteiger partial charge in [0.25, 0.3) is 0 Å². The van der Waals surface area contributed by atoms with Gasteiger partial charge >= 0.3 is 12.1 Å². The largest absolute Gasteiger partial charge is 0.471 e. The Morgan fingerprint density at radius 2 is 1.14 bits per heavy atom. The van der Waals surface area contributed by atoms with Gasteiger partial charge in [-0.2, -0.15) is 13.2 Å². The van der Waals surface area contributed by atoms with Crippen molar-refractivity contribution in [2.75, 3.05) is 13.2 Å². The van der Waals surface area contributed by atoms with E-state index in [2.05, 4.69) is 0 Å². The molecule has 0 saturated carbocycles. The Hall–Kier alpha value is -3.51. The van der Waals surface area contributed by atoms with Crippen molar-refractivity contribution in [1.82, 2.24) is 5.32 Å². The van der Waals surface area contributed by atoms with E-state index in [0.29, 0.717) is 0 Å². The smallest absolute Gasteiger partial charge is 0.388 e. The Morgan fingerprint density at radius 1 is 0.660 bits per heavy atom. The van der Waals surface area contributed by atoms with Gasteiger partial charge in [-0.25, -0.2) is 4.39 Å². The zero-order valence-corrected chi connectivity index (χ0v) is 26.7. The van der Waals surface area contributed by atoms with Crippen LogP contribution in [0.4, 0.5) is 17.6 Å². The minimum atomic E-state index is -5.22. The van der Waals surface area contributed by atoms with E-state index in [1.807, 2.05) is 91.0 Å². The van der Waals surface area contributed by atoms with E-state index in [4.69, 9.17) is 28.4 Å². The molecule has 3 aromatic rings. The van der Waals surface area contributed by atoms with Gasteiger partial charge < -0.3 is 49.1 Å². The predicted octanol–water partition coefficient (Wildman–Crippen LogP) is 2.94. The first-order chi connectivity index (χ1) is 24.0. The van der Waals surface area contributed by atoms with Gasteiger partial charge in [0, 0.05) is 6.54 Å². The number of carbonyl (C=O) groups excluding carboxylic acids is 1. The van der Waals surface area contributed by atoms with Crippen LogP contribution < -0.4 is 5.32 Å². The van der Waals surface area contributed by atoms with Gasteiger partial charge in [0.2, 0.25) is 0 Å². The molecule has 10 atom stereocenters. The highest BCUT2D eigenvalue weighted by molar-refractivity contribution is 5.81. The molecule has 11 nitrogen and oxygen atoms in total. The van der Waals surface area contributed by atoms with Gasteiger partial charge in [0.15, 0.2) is 18.8 Å². The zero-order chi connectivity index (χ0) is 35.7. The maximum absolute atomic E-state index is 15.2. The molecule has 0 bridgehead atoms. The van der Waals surface area contributed by atoms with Crippen molar-refractivity contribution in [3.8, 4) is 0 Å². The van der Waals surface area contributed by atoms with E-state index in [-0.39, 0.29) is 19.8 Å². The minimum Gasteiger partial charge on any atom is -0.388 e. The fourth-order valence-corrected chi connectivity index (χ4v) is 5.58. The maximum atomic E-state index is 15.2. The quantitative estimate of drug-likeness (QED) is 0.185. The van der Waals surface area contributed by atoms with Crippen LogP contribution in [0.3, 0.4) is 0 Å². The van der Waals surface area contributed by atoms with Crippen molar-refractivity contribution in [3.63, 3.8) is 0 Å². The third-order valence-corrected chi connectivity index (χ3v) is 8.24. The number of amides is 1. The summed E-state index contributed by atoms with van der Waals surface area (Å²) >= 11 is 0. The van der Waals surface area contributed by atoms with Gasteiger partial charge in [0.1, 0.15) is 42.7 Å². The first-order valence-corrected chi connectivity index (χ1v) is 15.9. The Balaban J connectivity index is 1.35. The monoisotopic (exact) mass is 709 g/mol. The molecular formula is C35H39F4NO10. The number of aliphatic hydroxyl groups excluding tert-OH is 3. The van der Waals surface area contributed by atoms with Crippen molar-refractivity contribution in [1.29, 1.82) is 0 Å². The van der Waals surface area contributed by atoms with E-state index in [1.54, 1.807) is 5.32 Å². The molecule has 2 heterocycles. The van der Waals surface area contributed by atoms with Crippen LogP contribution in [0.2, 0.25) is 0 Å². The van der Waals surface area contributed by atoms with Crippen LogP contribution in [0.15, 0.2) is 91.0 Å². The fraction of sp³-hybridized carbons (Fsp3) is 0.457. The van der Waals surface area contributed by atoms with Gasteiger partial charge in [0.05, 0.1) is 26.4 Å². The number of halogens is 4. The van der Waals surface area contributed by atoms with Crippen LogP contribution in [-0.4, -0.2) is 102 Å². The van der Waals surface area contributed by atoms with Crippen LogP contribution in [0, 0.1) is 0 Å². The van der Waals surface area contributed by atoms with Crippen LogP contribution >= 0.6 is 0 Å². The highest BCUT2D eigenvalue weighted by atomic mass is 19.4. The van der Waals surface area contributed by atoms with Crippen molar-refractivity contribution >= 4 is 5.91 Å². The Kier molecular flexibility index (Phi) is 13.3. The standard InChI is InChI=1S/C35H39F4NO10/c36-26-28(42)27(41)24(16-40-34(44)35(37,38)39)50-33(26)48-20-25-29(45-17-21-10-4-1-5-11-21)30(46-18-22-12-6-2-7-13-22)31(32(43)49-25)47-19-23-14-8-3-9-15-23/h1-15,24-33,41-43H,16-20H2,(H,40,44)/t24-,25-,26+,27-,28-,29-,30+,31+,32+,33+/m1/s1. The minimum absolute atomic E-state index is 0.0651. The lowest BCUT2D eigenvalue weighted by Crippen LogP contribution is -2.62. The van der Waals surface area contributed by atoms with Crippen molar-refractivity contribution in [2.45, 2.75) is 87.5 Å². The first-order valence-electron chi connectivity index (χ1n) is 15.9. The number of rotatable bonds is 14. The van der Waals surface area contributed by atoms with Crippen LogP contribution in [-0.2, 0) is 53.0 Å². The first kappa shape index (κ1) is 37.7. The normalized spacial score (nSPS) is 30.1. The molecule has 0 aliphatic carbocycles. The average molecular weight is 710 g/mol. The van der Waals surface area contributed by atoms with Crippen LogP contribution in [0.25, 0.3) is 0 Å². The number of hydrogen-bond acceptors (Lipinski definition) is 10. The number of carbonyl (C=O) groups is 1. The zero-order valence-electron chi connectivity index (χ0n) is 26.7. The summed E-state index contributed by atoms with van der Waals surface area (Å²) in [5.41, 5.74) is 2.43. The molecule has 2 saturated heterocycles. The molecule has 5 rings (SSSR count). The van der Waals surface area contributed by atoms with E-state index in [0.717, 1.165) is 16.7 Å². The molecule has 272 valence electrons. The van der Waals surface area contributed by atoms with Gasteiger partial charge in [-0.05, 0) is 16.7 Å². The summed E-state index contributed by atoms with van der Waals surface area (Å²) in [6, 6.07) is 27.6. The molecule has 2 aliphatic heterocycles. The number of alkyl halides is 4. The summed E-state index contributed by atoms with van der Waals surface area (Å²) in [7, 11) is 0. The highest BCUT2D eigenvalue weighted by Gasteiger charge is 2.50. The number of hydrogen-bond donors (Lipinski definition) is 4. The van der Waals surface area contributed by atoms with Gasteiger partial charge in [-0.1, -0.05) is 91.0 Å². The molecule has 0 radical (unpaired) electrons. The van der Waals surface area contributed by atoms with Crippen molar-refractivity contribution in [3.05, 3.63) is 108 Å². The maximum Gasteiger partial charge on any atom is 0.471 e. The van der Waals surface area contributed by atoms with E-state index >= 15 is 4.39 Å². The molecule has 0 spiro atoms. The molecule has 3 aromatic carbocycles. The Bertz CT molecular complexity index is 1460. The Morgan fingerprint density at radius 3 is 1.64 bits per heavy atom. The van der Waals surface area contributed by atoms with Crippen molar-refractivity contribution in [2.24, 2.45) is 0 Å². The molecule has 0 aromatic heterocycles. The molecule has 15 heteroatoms. The number of nitrogens with one attached hydrogen (secondary N) is 1. The Labute approximate surface area is 285 Å². The second-order valence-electron chi connectivity index (χ2n) is 11.9. The summed E-state index contributed by atoms with van der Waals surface area (Å²) in [5.74, 6) is -2.31. The SMILES string of the molecule is O=C(NC[C@H]1O[C@H](OC[C@H]2O[C@H](O)[C@@H](OCc3ccccc3)[C@@H](OCc3ccccc3)[C@@H]2OCc2ccccc2)[C@@H](F)[C@@H](O)[C@@H]1O)C(F)(F)F. The molecule has 1 amide bonds. The molecule has 2 fully saturated rings. The average Bonchev–Trinajstić information content (AvgIpc) is 3.12. The molecule has 4 N–H and O–H groups in total. The second kappa shape index (κ2) is 17.6. The summed E-state index contributed by atoms with van der Waals surface area (Å²) in [5, 5.41) is 33.3. The highest BCUT2D eigenvalue weighted by Crippen LogP contribution is 2.31. The molecular weight excluding hydrogens is 670 g/mol. The predicted molar refractivity (Wildman–Crippen MR) is 167 cm³/mol. The summed E-state index contributed by atoms with van der Waals surface area (Å²) in [4.78, 5) is 11.3. The van der Waals surface area contributed by atoms with E-state index < -0.39 is 86.7 Å². The van der Waals surface area contributed by atoms with E-state index in [1.165, 1.54) is 0 Å². The summed E-state index contributed by atoms with van der Waals surface area (Å²) in [6.07, 6.45) is -21.0. The lowest BCUT2D eigenvalue weighted by molar-refractivity contribution is -0.332. The molecule has 0 unspecified atom stereocenters. The topological polar surface area (TPSA) is 145 Å². The number of ether oxygens (including phenoxy) is 6. The lowest BCUT2D eigenvalue weighted by Gasteiger charge is -2.45.